The van der Waals surface area contributed by atoms with Gasteiger partial charge in [-0.25, -0.2) is 0 Å². The molecule has 1 atom stereocenters. The van der Waals surface area contributed by atoms with Crippen LogP contribution in [0.1, 0.15) is 310 Å². The van der Waals surface area contributed by atoms with E-state index in [1.165, 1.54) is 193 Å². The number of esters is 3. The van der Waals surface area contributed by atoms with E-state index in [0.717, 1.165) is 77.0 Å². The van der Waals surface area contributed by atoms with Gasteiger partial charge in [-0.05, 0) is 83.5 Å². The van der Waals surface area contributed by atoms with Crippen molar-refractivity contribution < 1.29 is 28.6 Å². The van der Waals surface area contributed by atoms with Crippen LogP contribution in [0, 0.1) is 0 Å². The van der Waals surface area contributed by atoms with Crippen LogP contribution in [0.3, 0.4) is 0 Å². The monoisotopic (exact) mass is 953 g/mol. The fourth-order valence-electron chi connectivity index (χ4n) is 8.56. The molecule has 0 aliphatic carbocycles. The Morgan fingerprint density at radius 1 is 0.294 bits per heavy atom. The van der Waals surface area contributed by atoms with Crippen molar-refractivity contribution >= 4 is 17.9 Å². The van der Waals surface area contributed by atoms with Gasteiger partial charge < -0.3 is 14.2 Å². The van der Waals surface area contributed by atoms with Gasteiger partial charge in [0.25, 0.3) is 0 Å². The highest BCUT2D eigenvalue weighted by Crippen LogP contribution is 2.16. The van der Waals surface area contributed by atoms with Crippen molar-refractivity contribution in [3.63, 3.8) is 0 Å². The third-order valence-electron chi connectivity index (χ3n) is 13.1. The zero-order valence-corrected chi connectivity index (χ0v) is 45.4. The van der Waals surface area contributed by atoms with E-state index in [1.54, 1.807) is 0 Å². The minimum atomic E-state index is -0.771. The Bertz CT molecular complexity index is 1190. The summed E-state index contributed by atoms with van der Waals surface area (Å²) in [6.45, 7) is 6.57. The van der Waals surface area contributed by atoms with Crippen LogP contribution in [0.4, 0.5) is 0 Å². The van der Waals surface area contributed by atoms with E-state index in [4.69, 9.17) is 14.2 Å². The van der Waals surface area contributed by atoms with E-state index in [1.807, 2.05) is 0 Å². The number of unbranched alkanes of at least 4 members (excludes halogenated alkanes) is 35. The Kier molecular flexibility index (Phi) is 54.8. The summed E-state index contributed by atoms with van der Waals surface area (Å²) >= 11 is 0. The zero-order chi connectivity index (χ0) is 49.3. The number of carbonyl (C=O) groups is 3. The highest BCUT2D eigenvalue weighted by Gasteiger charge is 2.19. The summed E-state index contributed by atoms with van der Waals surface area (Å²) in [5.41, 5.74) is 0. The second kappa shape index (κ2) is 57.0. The molecule has 0 bridgehead atoms. The first-order valence-corrected chi connectivity index (χ1v) is 29.6. The number of ether oxygens (including phenoxy) is 3. The van der Waals surface area contributed by atoms with Gasteiger partial charge in [-0.2, -0.15) is 0 Å². The van der Waals surface area contributed by atoms with E-state index in [9.17, 15) is 14.4 Å². The number of carbonyl (C=O) groups excluding carboxylic acids is 3. The lowest BCUT2D eigenvalue weighted by atomic mass is 10.0. The molecule has 6 heteroatoms. The molecule has 6 nitrogen and oxygen atoms in total. The van der Waals surface area contributed by atoms with Gasteiger partial charge in [0.15, 0.2) is 6.10 Å². The van der Waals surface area contributed by atoms with E-state index in [0.29, 0.717) is 19.3 Å². The summed E-state index contributed by atoms with van der Waals surface area (Å²) in [7, 11) is 0. The van der Waals surface area contributed by atoms with Crippen molar-refractivity contribution in [2.45, 2.75) is 316 Å². The molecule has 0 fully saturated rings. The second-order valence-electron chi connectivity index (χ2n) is 19.9. The maximum Gasteiger partial charge on any atom is 0.306 e. The lowest BCUT2D eigenvalue weighted by molar-refractivity contribution is -0.167. The molecule has 0 N–H and O–H groups in total. The molecule has 0 aliphatic rings. The third-order valence-corrected chi connectivity index (χ3v) is 13.1. The summed E-state index contributed by atoms with van der Waals surface area (Å²) in [6, 6.07) is 0. The molecule has 0 amide bonds. The summed E-state index contributed by atoms with van der Waals surface area (Å²) < 4.78 is 16.7. The molecule has 0 aromatic carbocycles. The van der Waals surface area contributed by atoms with Crippen LogP contribution in [0.2, 0.25) is 0 Å². The van der Waals surface area contributed by atoms with E-state index < -0.39 is 6.10 Å². The Morgan fingerprint density at radius 2 is 0.529 bits per heavy atom. The molecule has 0 aliphatic heterocycles. The average molecular weight is 954 g/mol. The first-order chi connectivity index (χ1) is 33.5. The quantitative estimate of drug-likeness (QED) is 0.0262. The predicted molar refractivity (Wildman–Crippen MR) is 293 cm³/mol. The standard InChI is InChI=1S/C62H112O6/c1-4-7-10-13-15-17-19-21-23-25-27-28-29-30-31-32-33-34-35-37-38-40-42-44-46-49-52-55-61(64)67-58-59(57-66-60(63)54-51-48-12-9-6-3)68-62(65)56-53-50-47-45-43-41-39-36-26-24-22-20-18-16-14-11-8-5-2/h19,21,24-27,29-30,59H,4-18,20,22-23,28,31-58H2,1-3H3/b21-19-,26-24-,27-25-,30-29-. The Morgan fingerprint density at radius 3 is 0.838 bits per heavy atom. The molecule has 0 saturated heterocycles. The normalized spacial score (nSPS) is 12.3. The van der Waals surface area contributed by atoms with E-state index in [2.05, 4.69) is 69.4 Å². The number of rotatable bonds is 54. The highest BCUT2D eigenvalue weighted by atomic mass is 16.6. The molecule has 0 rings (SSSR count). The Labute approximate surface area is 422 Å². The second-order valence-corrected chi connectivity index (χ2v) is 19.9. The summed E-state index contributed by atoms with van der Waals surface area (Å²) in [5, 5.41) is 0. The summed E-state index contributed by atoms with van der Waals surface area (Å²) in [4.78, 5) is 37.8. The van der Waals surface area contributed by atoms with Crippen molar-refractivity contribution in [1.29, 1.82) is 0 Å². The first kappa shape index (κ1) is 65.4. The van der Waals surface area contributed by atoms with Crippen LogP contribution in [0.15, 0.2) is 48.6 Å². The van der Waals surface area contributed by atoms with Crippen molar-refractivity contribution in [2.75, 3.05) is 13.2 Å². The lowest BCUT2D eigenvalue weighted by Crippen LogP contribution is -2.30. The van der Waals surface area contributed by atoms with Crippen LogP contribution >= 0.6 is 0 Å². The van der Waals surface area contributed by atoms with Crippen molar-refractivity contribution in [3.05, 3.63) is 48.6 Å². The van der Waals surface area contributed by atoms with Gasteiger partial charge in [0, 0.05) is 19.3 Å². The molecule has 0 radical (unpaired) electrons. The molecule has 1 unspecified atom stereocenters. The fraction of sp³-hybridized carbons (Fsp3) is 0.823. The molecule has 396 valence electrons. The molecular formula is C62H112O6. The summed E-state index contributed by atoms with van der Waals surface area (Å²) in [5.74, 6) is -0.882. The van der Waals surface area contributed by atoms with Crippen molar-refractivity contribution in [1.82, 2.24) is 0 Å². The number of hydrogen-bond donors (Lipinski definition) is 0. The maximum atomic E-state index is 12.8. The van der Waals surface area contributed by atoms with Crippen LogP contribution < -0.4 is 0 Å². The SMILES string of the molecule is CCCCCCC/C=C\C/C=C\C/C=C\CCCCCCCCCCCCCCC(=O)OCC(COC(=O)CCCCCCC)OC(=O)CCCCCCCCC/C=C\CCCCCCCCC. The maximum absolute atomic E-state index is 12.8. The lowest BCUT2D eigenvalue weighted by Gasteiger charge is -2.18. The minimum Gasteiger partial charge on any atom is -0.462 e. The van der Waals surface area contributed by atoms with E-state index >= 15 is 0 Å². The largest absolute Gasteiger partial charge is 0.462 e. The smallest absolute Gasteiger partial charge is 0.306 e. The van der Waals surface area contributed by atoms with Gasteiger partial charge in [0.1, 0.15) is 13.2 Å². The Hall–Kier alpha value is -2.63. The van der Waals surface area contributed by atoms with Gasteiger partial charge in [-0.3, -0.25) is 14.4 Å². The van der Waals surface area contributed by atoms with Crippen LogP contribution in [0.25, 0.3) is 0 Å². The molecule has 68 heavy (non-hydrogen) atoms. The van der Waals surface area contributed by atoms with Gasteiger partial charge in [0.2, 0.25) is 0 Å². The molecule has 0 aromatic heterocycles. The van der Waals surface area contributed by atoms with Crippen molar-refractivity contribution in [2.24, 2.45) is 0 Å². The third kappa shape index (κ3) is 54.3. The molecule has 0 heterocycles. The van der Waals surface area contributed by atoms with Crippen LogP contribution in [0.5, 0.6) is 0 Å². The molecule has 0 saturated carbocycles. The van der Waals surface area contributed by atoms with E-state index in [-0.39, 0.29) is 31.1 Å². The predicted octanol–water partition coefficient (Wildman–Crippen LogP) is 19.8. The zero-order valence-electron chi connectivity index (χ0n) is 45.4. The van der Waals surface area contributed by atoms with Gasteiger partial charge in [-0.15, -0.1) is 0 Å². The first-order valence-electron chi connectivity index (χ1n) is 29.6. The van der Waals surface area contributed by atoms with Gasteiger partial charge in [-0.1, -0.05) is 256 Å². The fourth-order valence-corrected chi connectivity index (χ4v) is 8.56. The van der Waals surface area contributed by atoms with Gasteiger partial charge >= 0.3 is 17.9 Å². The van der Waals surface area contributed by atoms with Crippen LogP contribution in [-0.2, 0) is 28.6 Å². The molecule has 0 aromatic rings. The Balaban J connectivity index is 4.04. The van der Waals surface area contributed by atoms with Crippen LogP contribution in [-0.4, -0.2) is 37.2 Å². The minimum absolute atomic E-state index is 0.0741. The molecular weight excluding hydrogens is 841 g/mol. The van der Waals surface area contributed by atoms with Crippen molar-refractivity contribution in [3.8, 4) is 0 Å². The topological polar surface area (TPSA) is 78.9 Å². The number of hydrogen-bond acceptors (Lipinski definition) is 6. The summed E-state index contributed by atoms with van der Waals surface area (Å²) in [6.07, 6.45) is 70.1. The number of allylic oxidation sites excluding steroid dienone is 8. The average Bonchev–Trinajstić information content (AvgIpc) is 3.34. The van der Waals surface area contributed by atoms with Gasteiger partial charge in [0.05, 0.1) is 0 Å². The highest BCUT2D eigenvalue weighted by molar-refractivity contribution is 5.71. The molecule has 0 spiro atoms.